The van der Waals surface area contributed by atoms with Crippen LogP contribution in [0.15, 0.2) is 17.3 Å². The van der Waals surface area contributed by atoms with Gasteiger partial charge in [0.05, 0.1) is 12.7 Å². The Morgan fingerprint density at radius 2 is 2.53 bits per heavy atom. The van der Waals surface area contributed by atoms with Crippen molar-refractivity contribution in [3.8, 4) is 0 Å². The molecule has 0 unspecified atom stereocenters. The average Bonchev–Trinajstić information content (AvgIpc) is 2.94. The quantitative estimate of drug-likeness (QED) is 0.753. The second-order valence-corrected chi connectivity index (χ2v) is 4.81. The molecule has 0 radical (unpaired) electrons. The molecule has 0 spiro atoms. The van der Waals surface area contributed by atoms with E-state index >= 15 is 0 Å². The number of hydrogen-bond donors (Lipinski definition) is 2. The standard InChI is InChI=1S/C9H10N4O3S/c14-2-7-16-6(3-17-7)5-1-12-13-8(5)10-4-11-9(13)15/h1,4,6-7,12,14H,2-3H2/t6-,7+/m1/s1. The van der Waals surface area contributed by atoms with Crippen LogP contribution >= 0.6 is 11.8 Å². The summed E-state index contributed by atoms with van der Waals surface area (Å²) in [6.07, 6.45) is 2.77. The molecule has 1 saturated heterocycles. The number of rotatable bonds is 2. The molecule has 0 aromatic carbocycles. The van der Waals surface area contributed by atoms with Gasteiger partial charge in [0.15, 0.2) is 5.65 Å². The second kappa shape index (κ2) is 4.13. The van der Waals surface area contributed by atoms with E-state index in [9.17, 15) is 4.79 Å². The van der Waals surface area contributed by atoms with E-state index < -0.39 is 5.69 Å². The Hall–Kier alpha value is -1.38. The normalized spacial score (nSPS) is 24.5. The van der Waals surface area contributed by atoms with Gasteiger partial charge in [-0.05, 0) is 0 Å². The van der Waals surface area contributed by atoms with Gasteiger partial charge in [0.2, 0.25) is 0 Å². The number of ether oxygens (including phenoxy) is 1. The molecule has 0 aliphatic carbocycles. The number of aromatic nitrogens is 4. The first-order chi connectivity index (χ1) is 8.29. The molecule has 90 valence electrons. The summed E-state index contributed by atoms with van der Waals surface area (Å²) in [5, 5.41) is 11.8. The lowest BCUT2D eigenvalue weighted by Gasteiger charge is -2.08. The number of thioether (sulfide) groups is 1. The number of aliphatic hydroxyl groups is 1. The van der Waals surface area contributed by atoms with Crippen molar-refractivity contribution < 1.29 is 9.84 Å². The van der Waals surface area contributed by atoms with Crippen LogP contribution < -0.4 is 5.69 Å². The Bertz CT molecular complexity index is 595. The van der Waals surface area contributed by atoms with Crippen molar-refractivity contribution in [3.63, 3.8) is 0 Å². The van der Waals surface area contributed by atoms with Crippen molar-refractivity contribution in [1.82, 2.24) is 19.6 Å². The average molecular weight is 254 g/mol. The summed E-state index contributed by atoms with van der Waals surface area (Å²) in [5.74, 6) is 0.733. The molecule has 7 nitrogen and oxygen atoms in total. The summed E-state index contributed by atoms with van der Waals surface area (Å²) in [7, 11) is 0. The molecule has 2 aromatic heterocycles. The van der Waals surface area contributed by atoms with E-state index in [1.165, 1.54) is 10.8 Å². The molecular formula is C9H10N4O3S. The van der Waals surface area contributed by atoms with E-state index in [1.807, 2.05) is 0 Å². The van der Waals surface area contributed by atoms with Crippen LogP contribution in [0.4, 0.5) is 0 Å². The third-order valence-corrected chi connectivity index (χ3v) is 3.73. The molecule has 1 fully saturated rings. The van der Waals surface area contributed by atoms with Crippen LogP contribution in [0.5, 0.6) is 0 Å². The number of aliphatic hydroxyl groups excluding tert-OH is 1. The lowest BCUT2D eigenvalue weighted by Crippen LogP contribution is -2.17. The van der Waals surface area contributed by atoms with Gasteiger partial charge >= 0.3 is 5.69 Å². The number of nitrogens with zero attached hydrogens (tertiary/aromatic N) is 3. The van der Waals surface area contributed by atoms with E-state index in [4.69, 9.17) is 9.84 Å². The van der Waals surface area contributed by atoms with Crippen LogP contribution in [0.25, 0.3) is 5.65 Å². The van der Waals surface area contributed by atoms with Crippen LogP contribution in [-0.4, -0.2) is 42.5 Å². The molecule has 1 aliphatic rings. The van der Waals surface area contributed by atoms with Crippen molar-refractivity contribution in [3.05, 3.63) is 28.6 Å². The zero-order chi connectivity index (χ0) is 11.8. The molecule has 0 bridgehead atoms. The van der Waals surface area contributed by atoms with Crippen LogP contribution in [0.3, 0.4) is 0 Å². The smallest absolute Gasteiger partial charge is 0.369 e. The van der Waals surface area contributed by atoms with Crippen LogP contribution in [0.2, 0.25) is 0 Å². The van der Waals surface area contributed by atoms with E-state index in [0.717, 1.165) is 11.3 Å². The highest BCUT2D eigenvalue weighted by atomic mass is 32.2. The summed E-state index contributed by atoms with van der Waals surface area (Å²) in [4.78, 5) is 19.0. The topological polar surface area (TPSA) is 92.5 Å². The third-order valence-electron chi connectivity index (χ3n) is 2.60. The zero-order valence-corrected chi connectivity index (χ0v) is 9.55. The van der Waals surface area contributed by atoms with Gasteiger partial charge in [-0.3, -0.25) is 5.10 Å². The number of H-pyrrole nitrogens is 1. The minimum Gasteiger partial charge on any atom is -0.393 e. The monoisotopic (exact) mass is 254 g/mol. The van der Waals surface area contributed by atoms with Gasteiger partial charge in [-0.1, -0.05) is 0 Å². The minimum atomic E-state index is -0.398. The number of fused-ring (bicyclic) bond motifs is 1. The number of aromatic amines is 1. The Morgan fingerprint density at radius 1 is 1.65 bits per heavy atom. The van der Waals surface area contributed by atoms with Gasteiger partial charge in [0.1, 0.15) is 11.8 Å². The maximum absolute atomic E-state index is 11.4. The highest BCUT2D eigenvalue weighted by Gasteiger charge is 2.29. The Morgan fingerprint density at radius 3 is 3.29 bits per heavy atom. The molecular weight excluding hydrogens is 244 g/mol. The van der Waals surface area contributed by atoms with Crippen molar-refractivity contribution in [2.75, 3.05) is 12.4 Å². The molecule has 0 amide bonds. The summed E-state index contributed by atoms with van der Waals surface area (Å²) in [6.45, 7) is -0.0154. The molecule has 3 heterocycles. The first kappa shape index (κ1) is 10.8. The first-order valence-electron chi connectivity index (χ1n) is 5.08. The van der Waals surface area contributed by atoms with Crippen LogP contribution in [-0.2, 0) is 4.74 Å². The van der Waals surface area contributed by atoms with Crippen LogP contribution in [0.1, 0.15) is 11.7 Å². The molecule has 2 atom stereocenters. The Kier molecular flexibility index (Phi) is 2.61. The highest BCUT2D eigenvalue weighted by molar-refractivity contribution is 8.00. The molecule has 17 heavy (non-hydrogen) atoms. The van der Waals surface area contributed by atoms with Crippen molar-refractivity contribution >= 4 is 17.4 Å². The summed E-state index contributed by atoms with van der Waals surface area (Å²) >= 11 is 1.54. The SMILES string of the molecule is O=c1ncnc2c([C@H]3CS[C@@H](CO)O3)c[nH]n12. The number of hydrogen-bond acceptors (Lipinski definition) is 6. The molecule has 1 aliphatic heterocycles. The van der Waals surface area contributed by atoms with Gasteiger partial charge in [-0.2, -0.15) is 9.50 Å². The second-order valence-electron chi connectivity index (χ2n) is 3.61. The van der Waals surface area contributed by atoms with Gasteiger partial charge < -0.3 is 9.84 Å². The van der Waals surface area contributed by atoms with Gasteiger partial charge in [0.25, 0.3) is 0 Å². The van der Waals surface area contributed by atoms with Crippen molar-refractivity contribution in [2.45, 2.75) is 11.5 Å². The fourth-order valence-corrected chi connectivity index (χ4v) is 2.78. The van der Waals surface area contributed by atoms with E-state index in [0.29, 0.717) is 5.65 Å². The van der Waals surface area contributed by atoms with Crippen molar-refractivity contribution in [1.29, 1.82) is 0 Å². The molecule has 2 aromatic rings. The van der Waals surface area contributed by atoms with Gasteiger partial charge in [0, 0.05) is 17.5 Å². The first-order valence-corrected chi connectivity index (χ1v) is 6.13. The Labute approximate surface area is 99.8 Å². The van der Waals surface area contributed by atoms with E-state index in [2.05, 4.69) is 15.1 Å². The van der Waals surface area contributed by atoms with Gasteiger partial charge in [-0.15, -0.1) is 11.8 Å². The summed E-state index contributed by atoms with van der Waals surface area (Å²) in [5.41, 5.74) is 0.733. The summed E-state index contributed by atoms with van der Waals surface area (Å²) < 4.78 is 6.89. The molecule has 2 N–H and O–H groups in total. The van der Waals surface area contributed by atoms with Crippen molar-refractivity contribution in [2.24, 2.45) is 0 Å². The predicted octanol–water partition coefficient (Wildman–Crippen LogP) is -0.460. The maximum atomic E-state index is 11.4. The van der Waals surface area contributed by atoms with E-state index in [-0.39, 0.29) is 18.1 Å². The summed E-state index contributed by atoms with van der Waals surface area (Å²) in [6, 6.07) is 0. The molecule has 0 saturated carbocycles. The Balaban J connectivity index is 2.02. The fraction of sp³-hybridized carbons (Fsp3) is 0.444. The lowest BCUT2D eigenvalue weighted by molar-refractivity contribution is 0.0350. The van der Waals surface area contributed by atoms with Crippen LogP contribution in [0, 0.1) is 0 Å². The molecule has 3 rings (SSSR count). The maximum Gasteiger partial charge on any atom is 0.369 e. The zero-order valence-electron chi connectivity index (χ0n) is 8.74. The third kappa shape index (κ3) is 1.74. The lowest BCUT2D eigenvalue weighted by atomic mass is 10.2. The highest BCUT2D eigenvalue weighted by Crippen LogP contribution is 2.35. The largest absolute Gasteiger partial charge is 0.393 e. The molecule has 8 heteroatoms. The van der Waals surface area contributed by atoms with Gasteiger partial charge in [-0.25, -0.2) is 9.78 Å². The van der Waals surface area contributed by atoms with E-state index in [1.54, 1.807) is 18.0 Å². The minimum absolute atomic E-state index is 0.0154. The predicted molar refractivity (Wildman–Crippen MR) is 60.8 cm³/mol. The number of nitrogens with one attached hydrogen (secondary N) is 1. The fourth-order valence-electron chi connectivity index (χ4n) is 1.81.